The van der Waals surface area contributed by atoms with Gasteiger partial charge in [0.05, 0.1) is 24.4 Å². The Morgan fingerprint density at radius 1 is 1.44 bits per heavy atom. The minimum atomic E-state index is -0.558. The van der Waals surface area contributed by atoms with Crippen LogP contribution in [-0.4, -0.2) is 38.8 Å². The lowest BCUT2D eigenvalue weighted by Gasteiger charge is -2.17. The van der Waals surface area contributed by atoms with Gasteiger partial charge in [0.25, 0.3) is 0 Å². The van der Waals surface area contributed by atoms with Gasteiger partial charge in [-0.3, -0.25) is 0 Å². The highest BCUT2D eigenvalue weighted by molar-refractivity contribution is 5.88. The number of aliphatic hydroxyl groups is 1. The maximum absolute atomic E-state index is 11.7. The lowest BCUT2D eigenvalue weighted by atomic mass is 10.1. The molecule has 0 radical (unpaired) electrons. The van der Waals surface area contributed by atoms with E-state index in [0.29, 0.717) is 13.0 Å². The Labute approximate surface area is 107 Å². The van der Waals surface area contributed by atoms with Crippen molar-refractivity contribution in [2.75, 3.05) is 6.61 Å². The third kappa shape index (κ3) is 3.07. The van der Waals surface area contributed by atoms with E-state index in [0.717, 1.165) is 12.1 Å². The number of nitrogens with zero attached hydrogens (tertiary/aromatic N) is 3. The van der Waals surface area contributed by atoms with E-state index in [-0.39, 0.29) is 11.7 Å². The van der Waals surface area contributed by atoms with Crippen molar-refractivity contribution in [3.05, 3.63) is 11.4 Å². The third-order valence-corrected chi connectivity index (χ3v) is 2.83. The summed E-state index contributed by atoms with van der Waals surface area (Å²) in [6, 6.07) is -0.220. The highest BCUT2D eigenvalue weighted by Gasteiger charge is 2.24. The molecule has 18 heavy (non-hydrogen) atoms. The summed E-state index contributed by atoms with van der Waals surface area (Å²) in [6.07, 6.45) is 0.988. The first kappa shape index (κ1) is 14.6. The van der Waals surface area contributed by atoms with Gasteiger partial charge in [-0.05, 0) is 27.2 Å². The standard InChI is InChI=1S/C12H21N3O3/c1-5-7-10-11(12(17)18-6-2)13-14-15(10)8(3)9(4)16/h8-9,16H,5-7H2,1-4H3. The number of carbonyl (C=O) groups is 1. The summed E-state index contributed by atoms with van der Waals surface area (Å²) in [6.45, 7) is 7.60. The van der Waals surface area contributed by atoms with Gasteiger partial charge < -0.3 is 9.84 Å². The average molecular weight is 255 g/mol. The SMILES string of the molecule is CCCc1c(C(=O)OCC)nnn1C(C)C(C)O. The lowest BCUT2D eigenvalue weighted by molar-refractivity contribution is 0.0517. The molecule has 0 aliphatic rings. The quantitative estimate of drug-likeness (QED) is 0.776. The molecule has 1 heterocycles. The van der Waals surface area contributed by atoms with Crippen molar-refractivity contribution in [3.63, 3.8) is 0 Å². The Morgan fingerprint density at radius 3 is 2.61 bits per heavy atom. The van der Waals surface area contributed by atoms with Crippen LogP contribution in [0.25, 0.3) is 0 Å². The number of aliphatic hydroxyl groups excluding tert-OH is 1. The van der Waals surface area contributed by atoms with Crippen LogP contribution in [-0.2, 0) is 11.2 Å². The number of hydrogen-bond donors (Lipinski definition) is 1. The van der Waals surface area contributed by atoms with Gasteiger partial charge in [-0.2, -0.15) is 0 Å². The van der Waals surface area contributed by atoms with Crippen LogP contribution in [0.3, 0.4) is 0 Å². The molecule has 0 bridgehead atoms. The fourth-order valence-corrected chi connectivity index (χ4v) is 1.67. The summed E-state index contributed by atoms with van der Waals surface area (Å²) < 4.78 is 6.56. The molecule has 0 saturated heterocycles. The average Bonchev–Trinajstić information content (AvgIpc) is 2.72. The molecule has 0 fully saturated rings. The minimum absolute atomic E-state index is 0.220. The summed E-state index contributed by atoms with van der Waals surface area (Å²) in [5.41, 5.74) is 0.982. The normalized spacial score (nSPS) is 14.3. The Bertz CT molecular complexity index is 401. The van der Waals surface area contributed by atoms with E-state index in [1.165, 1.54) is 0 Å². The third-order valence-electron chi connectivity index (χ3n) is 2.83. The van der Waals surface area contributed by atoms with E-state index in [4.69, 9.17) is 4.74 Å². The first-order valence-electron chi connectivity index (χ1n) is 6.32. The second-order valence-corrected chi connectivity index (χ2v) is 4.28. The predicted molar refractivity (Wildman–Crippen MR) is 66.4 cm³/mol. The monoisotopic (exact) mass is 255 g/mol. The molecule has 0 saturated carbocycles. The maximum Gasteiger partial charge on any atom is 0.360 e. The van der Waals surface area contributed by atoms with Gasteiger partial charge in [0.15, 0.2) is 5.69 Å². The van der Waals surface area contributed by atoms with Crippen molar-refractivity contribution in [2.24, 2.45) is 0 Å². The zero-order chi connectivity index (χ0) is 13.7. The smallest absolute Gasteiger partial charge is 0.360 e. The molecule has 0 aliphatic carbocycles. The molecule has 1 aromatic heterocycles. The van der Waals surface area contributed by atoms with Crippen molar-refractivity contribution in [3.8, 4) is 0 Å². The summed E-state index contributed by atoms with van der Waals surface area (Å²) in [5, 5.41) is 17.5. The van der Waals surface area contributed by atoms with Crippen molar-refractivity contribution < 1.29 is 14.6 Å². The molecule has 102 valence electrons. The molecular formula is C12H21N3O3. The molecule has 0 amide bonds. The first-order valence-corrected chi connectivity index (χ1v) is 6.32. The Morgan fingerprint density at radius 2 is 2.11 bits per heavy atom. The Balaban J connectivity index is 3.09. The Hall–Kier alpha value is -1.43. The van der Waals surface area contributed by atoms with Crippen LogP contribution in [0.5, 0.6) is 0 Å². The zero-order valence-electron chi connectivity index (χ0n) is 11.4. The van der Waals surface area contributed by atoms with Crippen molar-refractivity contribution in [1.29, 1.82) is 0 Å². The van der Waals surface area contributed by atoms with Crippen molar-refractivity contribution in [2.45, 2.75) is 52.7 Å². The number of esters is 1. The number of ether oxygens (including phenoxy) is 1. The largest absolute Gasteiger partial charge is 0.461 e. The van der Waals surface area contributed by atoms with Gasteiger partial charge in [0, 0.05) is 0 Å². The van der Waals surface area contributed by atoms with E-state index in [1.54, 1.807) is 18.5 Å². The fraction of sp³-hybridized carbons (Fsp3) is 0.750. The van der Waals surface area contributed by atoms with Crippen LogP contribution in [0, 0.1) is 0 Å². The van der Waals surface area contributed by atoms with E-state index in [9.17, 15) is 9.90 Å². The van der Waals surface area contributed by atoms with Crippen molar-refractivity contribution in [1.82, 2.24) is 15.0 Å². The number of hydrogen-bond acceptors (Lipinski definition) is 5. The second kappa shape index (κ2) is 6.49. The van der Waals surface area contributed by atoms with E-state index in [1.807, 2.05) is 13.8 Å². The summed E-state index contributed by atoms with van der Waals surface area (Å²) >= 11 is 0. The summed E-state index contributed by atoms with van der Waals surface area (Å²) in [7, 11) is 0. The fourth-order valence-electron chi connectivity index (χ4n) is 1.67. The molecule has 1 aromatic rings. The number of aromatic nitrogens is 3. The van der Waals surface area contributed by atoms with Crippen LogP contribution in [0.1, 0.15) is 56.3 Å². The summed E-state index contributed by atoms with van der Waals surface area (Å²) in [4.78, 5) is 11.7. The van der Waals surface area contributed by atoms with Crippen LogP contribution in [0.15, 0.2) is 0 Å². The van der Waals surface area contributed by atoms with Gasteiger partial charge in [0.2, 0.25) is 0 Å². The van der Waals surface area contributed by atoms with E-state index < -0.39 is 12.1 Å². The van der Waals surface area contributed by atoms with Crippen LogP contribution in [0.4, 0.5) is 0 Å². The van der Waals surface area contributed by atoms with Gasteiger partial charge in [-0.25, -0.2) is 9.48 Å². The minimum Gasteiger partial charge on any atom is -0.461 e. The summed E-state index contributed by atoms with van der Waals surface area (Å²) in [5.74, 6) is -0.454. The Kier molecular flexibility index (Phi) is 5.27. The molecule has 2 atom stereocenters. The molecule has 0 aromatic carbocycles. The van der Waals surface area contributed by atoms with E-state index in [2.05, 4.69) is 10.3 Å². The molecule has 1 rings (SSSR count). The van der Waals surface area contributed by atoms with Crippen molar-refractivity contribution >= 4 is 5.97 Å². The predicted octanol–water partition coefficient (Wildman–Crippen LogP) is 1.35. The zero-order valence-corrected chi connectivity index (χ0v) is 11.4. The van der Waals surface area contributed by atoms with Crippen LogP contribution >= 0.6 is 0 Å². The molecule has 6 heteroatoms. The highest BCUT2D eigenvalue weighted by atomic mass is 16.5. The van der Waals surface area contributed by atoms with Gasteiger partial charge in [0.1, 0.15) is 0 Å². The van der Waals surface area contributed by atoms with Crippen LogP contribution in [0.2, 0.25) is 0 Å². The number of carbonyl (C=O) groups excluding carboxylic acids is 1. The van der Waals surface area contributed by atoms with Gasteiger partial charge >= 0.3 is 5.97 Å². The maximum atomic E-state index is 11.7. The van der Waals surface area contributed by atoms with Gasteiger partial charge in [-0.15, -0.1) is 5.10 Å². The van der Waals surface area contributed by atoms with Crippen LogP contribution < -0.4 is 0 Å². The molecule has 0 aliphatic heterocycles. The number of rotatable bonds is 6. The molecule has 0 spiro atoms. The molecular weight excluding hydrogens is 234 g/mol. The van der Waals surface area contributed by atoms with Gasteiger partial charge in [-0.1, -0.05) is 18.6 Å². The first-order chi connectivity index (χ1) is 8.52. The molecule has 2 unspecified atom stereocenters. The molecule has 6 nitrogen and oxygen atoms in total. The second-order valence-electron chi connectivity index (χ2n) is 4.28. The van der Waals surface area contributed by atoms with E-state index >= 15 is 0 Å². The lowest BCUT2D eigenvalue weighted by Crippen LogP contribution is -2.22. The highest BCUT2D eigenvalue weighted by Crippen LogP contribution is 2.17. The topological polar surface area (TPSA) is 77.2 Å². The molecule has 1 N–H and O–H groups in total.